The van der Waals surface area contributed by atoms with Crippen molar-refractivity contribution in [2.45, 2.75) is 26.3 Å². The van der Waals surface area contributed by atoms with Crippen LogP contribution >= 0.6 is 0 Å². The minimum atomic E-state index is -3.87. The molecule has 0 aliphatic carbocycles. The van der Waals surface area contributed by atoms with Gasteiger partial charge in [-0.1, -0.05) is 13.8 Å². The third kappa shape index (κ3) is 2.65. The van der Waals surface area contributed by atoms with Crippen LogP contribution in [0.3, 0.4) is 0 Å². The Morgan fingerprint density at radius 3 is 2.50 bits per heavy atom. The number of ether oxygens (including phenoxy) is 1. The molecule has 1 aliphatic heterocycles. The normalized spacial score (nSPS) is 30.6. The van der Waals surface area contributed by atoms with Gasteiger partial charge in [0.25, 0.3) is 16.5 Å². The van der Waals surface area contributed by atoms with E-state index >= 15 is 0 Å². The van der Waals surface area contributed by atoms with Crippen molar-refractivity contribution in [2.75, 3.05) is 5.75 Å². The number of alkyl halides is 1. The van der Waals surface area contributed by atoms with Crippen molar-refractivity contribution in [3.8, 4) is 0 Å². The smallest absolute Gasteiger partial charge is 0.308 e. The minimum Gasteiger partial charge on any atom is -0.455 e. The molecular formula is C7H11FO5S. The van der Waals surface area contributed by atoms with Gasteiger partial charge in [-0.25, -0.2) is 8.57 Å². The average molecular weight is 226 g/mol. The van der Waals surface area contributed by atoms with Crippen LogP contribution in [0.15, 0.2) is 0 Å². The summed E-state index contributed by atoms with van der Waals surface area (Å²) in [6.45, 7) is 3.14. The highest BCUT2D eigenvalue weighted by Gasteiger charge is 2.42. The first-order valence-corrected chi connectivity index (χ1v) is 5.65. The summed E-state index contributed by atoms with van der Waals surface area (Å²) in [6.07, 6.45) is -3.42. The van der Waals surface area contributed by atoms with Crippen molar-refractivity contribution in [1.82, 2.24) is 0 Å². The summed E-state index contributed by atoms with van der Waals surface area (Å²) in [4.78, 5) is 11.0. The number of carbonyl (C=O) groups excluding carboxylic acids is 1. The summed E-state index contributed by atoms with van der Waals surface area (Å²) < 4.78 is 42.9. The van der Waals surface area contributed by atoms with Gasteiger partial charge in [-0.05, 0) is 0 Å². The zero-order valence-electron chi connectivity index (χ0n) is 7.77. The van der Waals surface area contributed by atoms with Crippen LogP contribution in [-0.2, 0) is 23.8 Å². The second-order valence-electron chi connectivity index (χ2n) is 3.30. The van der Waals surface area contributed by atoms with E-state index in [0.717, 1.165) is 0 Å². The molecule has 1 saturated heterocycles. The van der Waals surface area contributed by atoms with Gasteiger partial charge in [-0.15, -0.1) is 0 Å². The van der Waals surface area contributed by atoms with Crippen molar-refractivity contribution in [1.29, 1.82) is 0 Å². The fourth-order valence-corrected chi connectivity index (χ4v) is 2.00. The average Bonchev–Trinajstić information content (AvgIpc) is 2.24. The van der Waals surface area contributed by atoms with E-state index in [1.165, 1.54) is 0 Å². The maximum atomic E-state index is 12.8. The Morgan fingerprint density at radius 2 is 2.14 bits per heavy atom. The van der Waals surface area contributed by atoms with Gasteiger partial charge < -0.3 is 4.74 Å². The maximum absolute atomic E-state index is 12.8. The monoisotopic (exact) mass is 226 g/mol. The summed E-state index contributed by atoms with van der Waals surface area (Å²) >= 11 is 0. The first-order valence-electron chi connectivity index (χ1n) is 4.07. The fourth-order valence-electron chi connectivity index (χ4n) is 0.891. The predicted octanol–water partition coefficient (Wildman–Crippen LogP) is 0.210. The van der Waals surface area contributed by atoms with E-state index in [9.17, 15) is 17.6 Å². The quantitative estimate of drug-likeness (QED) is 0.497. The molecule has 0 saturated carbocycles. The van der Waals surface area contributed by atoms with E-state index in [-0.39, 0.29) is 0 Å². The Bertz CT molecular complexity index is 323. The minimum absolute atomic E-state index is 0.425. The standard InChI is InChI=1S/C7H11FO5S/c1-4(2)7(9)12-5-3-14(10,11)13-6(5)8/h4-6H,3H2,1-2H3. The lowest BCUT2D eigenvalue weighted by Gasteiger charge is -2.12. The highest BCUT2D eigenvalue weighted by Crippen LogP contribution is 2.21. The van der Waals surface area contributed by atoms with E-state index in [1.807, 2.05) is 0 Å². The summed E-state index contributed by atoms with van der Waals surface area (Å²) in [6, 6.07) is 0. The molecule has 0 amide bonds. The molecule has 0 N–H and O–H groups in total. The van der Waals surface area contributed by atoms with Crippen LogP contribution in [0.1, 0.15) is 13.8 Å². The van der Waals surface area contributed by atoms with Gasteiger partial charge in [-0.2, -0.15) is 8.42 Å². The molecule has 1 rings (SSSR count). The number of rotatable bonds is 2. The molecule has 0 radical (unpaired) electrons. The largest absolute Gasteiger partial charge is 0.455 e. The Labute approximate surface area is 81.3 Å². The van der Waals surface area contributed by atoms with Gasteiger partial charge >= 0.3 is 5.97 Å². The highest BCUT2D eigenvalue weighted by molar-refractivity contribution is 7.87. The second-order valence-corrected chi connectivity index (χ2v) is 4.94. The van der Waals surface area contributed by atoms with Crippen LogP contribution in [0.5, 0.6) is 0 Å². The van der Waals surface area contributed by atoms with Gasteiger partial charge in [0.15, 0.2) is 6.10 Å². The summed E-state index contributed by atoms with van der Waals surface area (Å²) in [5, 5.41) is 0. The molecule has 0 aromatic rings. The van der Waals surface area contributed by atoms with E-state index in [4.69, 9.17) is 0 Å². The summed E-state index contributed by atoms with van der Waals surface area (Å²) in [5.41, 5.74) is 0. The van der Waals surface area contributed by atoms with Crippen molar-refractivity contribution in [3.63, 3.8) is 0 Å². The SMILES string of the molecule is CC(C)C(=O)OC1CS(=O)(=O)OC1F. The molecule has 5 nitrogen and oxygen atoms in total. The number of esters is 1. The van der Waals surface area contributed by atoms with Crippen LogP contribution in [0.2, 0.25) is 0 Å². The number of hydrogen-bond donors (Lipinski definition) is 0. The molecule has 2 atom stereocenters. The molecule has 1 heterocycles. The Morgan fingerprint density at radius 1 is 1.57 bits per heavy atom. The molecule has 0 bridgehead atoms. The van der Waals surface area contributed by atoms with E-state index in [2.05, 4.69) is 8.92 Å². The zero-order valence-corrected chi connectivity index (χ0v) is 8.58. The third-order valence-corrected chi connectivity index (χ3v) is 2.85. The van der Waals surface area contributed by atoms with Crippen molar-refractivity contribution in [2.24, 2.45) is 5.92 Å². The van der Waals surface area contributed by atoms with Gasteiger partial charge in [0.05, 0.1) is 5.92 Å². The van der Waals surface area contributed by atoms with Crippen molar-refractivity contribution in [3.05, 3.63) is 0 Å². The molecule has 1 fully saturated rings. The molecular weight excluding hydrogens is 215 g/mol. The van der Waals surface area contributed by atoms with Crippen LogP contribution in [0.25, 0.3) is 0 Å². The summed E-state index contributed by atoms with van der Waals surface area (Å²) in [7, 11) is -3.87. The zero-order chi connectivity index (χ0) is 10.9. The second kappa shape index (κ2) is 3.82. The van der Waals surface area contributed by atoms with Gasteiger partial charge in [-0.3, -0.25) is 4.79 Å². The number of carbonyl (C=O) groups is 1. The van der Waals surface area contributed by atoms with Crippen molar-refractivity contribution >= 4 is 16.1 Å². The van der Waals surface area contributed by atoms with Gasteiger partial charge in [0, 0.05) is 0 Å². The molecule has 0 spiro atoms. The Balaban J connectivity index is 2.60. The first kappa shape index (κ1) is 11.4. The van der Waals surface area contributed by atoms with E-state index in [1.54, 1.807) is 13.8 Å². The molecule has 1 aliphatic rings. The Hall–Kier alpha value is -0.690. The number of hydrogen-bond acceptors (Lipinski definition) is 5. The molecule has 2 unspecified atom stereocenters. The molecule has 0 aromatic carbocycles. The van der Waals surface area contributed by atoms with Crippen LogP contribution < -0.4 is 0 Å². The van der Waals surface area contributed by atoms with E-state index in [0.29, 0.717) is 0 Å². The lowest BCUT2D eigenvalue weighted by Crippen LogP contribution is -2.28. The molecule has 82 valence electrons. The third-order valence-electron chi connectivity index (χ3n) is 1.64. The number of halogens is 1. The topological polar surface area (TPSA) is 69.7 Å². The Kier molecular flexibility index (Phi) is 3.10. The predicted molar refractivity (Wildman–Crippen MR) is 44.5 cm³/mol. The van der Waals surface area contributed by atoms with Gasteiger partial charge in [0.2, 0.25) is 0 Å². The highest BCUT2D eigenvalue weighted by atomic mass is 32.2. The van der Waals surface area contributed by atoms with Crippen LogP contribution in [0, 0.1) is 5.92 Å². The maximum Gasteiger partial charge on any atom is 0.308 e. The van der Waals surface area contributed by atoms with Gasteiger partial charge in [0.1, 0.15) is 5.75 Å². The van der Waals surface area contributed by atoms with Crippen molar-refractivity contribution < 1.29 is 26.5 Å². The first-order chi connectivity index (χ1) is 6.32. The summed E-state index contributed by atoms with van der Waals surface area (Å²) in [5.74, 6) is -1.68. The van der Waals surface area contributed by atoms with Crippen LogP contribution in [0.4, 0.5) is 4.39 Å². The molecule has 14 heavy (non-hydrogen) atoms. The molecule has 7 heteroatoms. The lowest BCUT2D eigenvalue weighted by atomic mass is 10.2. The fraction of sp³-hybridized carbons (Fsp3) is 0.857. The molecule has 0 aromatic heterocycles. The van der Waals surface area contributed by atoms with E-state index < -0.39 is 40.2 Å². The van der Waals surface area contributed by atoms with Crippen LogP contribution in [-0.4, -0.2) is 32.6 Å². The lowest BCUT2D eigenvalue weighted by molar-refractivity contribution is -0.159.